The molecule has 3 rings (SSSR count). The fourth-order valence-corrected chi connectivity index (χ4v) is 3.94. The Bertz CT molecular complexity index is 772. The predicted octanol–water partition coefficient (Wildman–Crippen LogP) is 1.46. The third kappa shape index (κ3) is 3.39. The van der Waals surface area contributed by atoms with Crippen LogP contribution in [0.5, 0.6) is 0 Å². The standard InChI is InChI=1S/C18H27N5O2/c1-13-8-14(2)23-17(21-13)15(10-20-23)11-22-7-5-6-18(22,12-25-4)9-16(24)19-3/h8,10H,5-7,9,11-12H2,1-4H3,(H,19,24)/t18-/m1/s1. The second-order valence-electron chi connectivity index (χ2n) is 6.98. The molecule has 3 heterocycles. The van der Waals surface area contributed by atoms with E-state index >= 15 is 0 Å². The summed E-state index contributed by atoms with van der Waals surface area (Å²) in [4.78, 5) is 19.1. The SMILES string of the molecule is CNC(=O)C[C@@]1(COC)CCCN1Cc1cnn2c(C)cc(C)nc12. The molecule has 0 spiro atoms. The molecular weight excluding hydrogens is 318 g/mol. The van der Waals surface area contributed by atoms with E-state index in [1.807, 2.05) is 30.6 Å². The number of hydrogen-bond acceptors (Lipinski definition) is 5. The van der Waals surface area contributed by atoms with Crippen molar-refractivity contribution in [2.24, 2.45) is 0 Å². The van der Waals surface area contributed by atoms with Gasteiger partial charge in [-0.25, -0.2) is 9.50 Å². The van der Waals surface area contributed by atoms with Gasteiger partial charge in [-0.15, -0.1) is 0 Å². The van der Waals surface area contributed by atoms with Gasteiger partial charge in [0.2, 0.25) is 5.91 Å². The summed E-state index contributed by atoms with van der Waals surface area (Å²) in [6.45, 7) is 6.25. The molecule has 0 bridgehead atoms. The number of hydrogen-bond donors (Lipinski definition) is 1. The van der Waals surface area contributed by atoms with E-state index in [2.05, 4.69) is 20.3 Å². The lowest BCUT2D eigenvalue weighted by atomic mass is 9.92. The summed E-state index contributed by atoms with van der Waals surface area (Å²) >= 11 is 0. The Kier molecular flexibility index (Phi) is 5.06. The normalized spacial score (nSPS) is 21.1. The number of methoxy groups -OCH3 is 1. The Morgan fingerprint density at radius 3 is 2.96 bits per heavy atom. The summed E-state index contributed by atoms with van der Waals surface area (Å²) < 4.78 is 7.38. The number of nitrogens with zero attached hydrogens (tertiary/aromatic N) is 4. The fraction of sp³-hybridized carbons (Fsp3) is 0.611. The molecule has 1 fully saturated rings. The number of ether oxygens (including phenoxy) is 1. The lowest BCUT2D eigenvalue weighted by Crippen LogP contribution is -2.49. The average molecular weight is 345 g/mol. The Hall–Kier alpha value is -1.99. The molecular formula is C18H27N5O2. The van der Waals surface area contributed by atoms with E-state index in [0.29, 0.717) is 13.0 Å². The molecule has 7 heteroatoms. The van der Waals surface area contributed by atoms with E-state index in [-0.39, 0.29) is 11.4 Å². The van der Waals surface area contributed by atoms with Crippen LogP contribution in [0.3, 0.4) is 0 Å². The van der Waals surface area contributed by atoms with Gasteiger partial charge in [0.05, 0.1) is 18.3 Å². The molecule has 1 aliphatic heterocycles. The van der Waals surface area contributed by atoms with Gasteiger partial charge < -0.3 is 10.1 Å². The highest BCUT2D eigenvalue weighted by Gasteiger charge is 2.42. The van der Waals surface area contributed by atoms with Crippen molar-refractivity contribution >= 4 is 11.6 Å². The van der Waals surface area contributed by atoms with Crippen LogP contribution in [0.4, 0.5) is 0 Å². The zero-order valence-electron chi connectivity index (χ0n) is 15.5. The van der Waals surface area contributed by atoms with Crippen molar-refractivity contribution in [1.82, 2.24) is 24.8 Å². The van der Waals surface area contributed by atoms with Crippen LogP contribution in [0.1, 0.15) is 36.2 Å². The number of carbonyl (C=O) groups excluding carboxylic acids is 1. The van der Waals surface area contributed by atoms with Crippen LogP contribution < -0.4 is 5.32 Å². The molecule has 2 aromatic heterocycles. The second kappa shape index (κ2) is 7.09. The third-order valence-electron chi connectivity index (χ3n) is 5.13. The summed E-state index contributed by atoms with van der Waals surface area (Å²) in [7, 11) is 3.38. The van der Waals surface area contributed by atoms with E-state index in [9.17, 15) is 4.79 Å². The maximum Gasteiger partial charge on any atom is 0.221 e. The van der Waals surface area contributed by atoms with Crippen molar-refractivity contribution < 1.29 is 9.53 Å². The van der Waals surface area contributed by atoms with Crippen LogP contribution in [0, 0.1) is 13.8 Å². The highest BCUT2D eigenvalue weighted by molar-refractivity contribution is 5.77. The quantitative estimate of drug-likeness (QED) is 0.858. The first-order valence-electron chi connectivity index (χ1n) is 8.74. The van der Waals surface area contributed by atoms with Gasteiger partial charge in [0, 0.05) is 44.1 Å². The highest BCUT2D eigenvalue weighted by atomic mass is 16.5. The van der Waals surface area contributed by atoms with Crippen molar-refractivity contribution in [1.29, 1.82) is 0 Å². The zero-order valence-corrected chi connectivity index (χ0v) is 15.5. The maximum atomic E-state index is 12.1. The van der Waals surface area contributed by atoms with Gasteiger partial charge in [0.25, 0.3) is 0 Å². The first-order chi connectivity index (χ1) is 12.0. The van der Waals surface area contributed by atoms with Gasteiger partial charge in [-0.05, 0) is 39.3 Å². The van der Waals surface area contributed by atoms with Crippen molar-refractivity contribution in [3.05, 3.63) is 29.2 Å². The molecule has 2 aromatic rings. The number of aryl methyl sites for hydroxylation is 2. The number of likely N-dealkylation sites (tertiary alicyclic amines) is 1. The van der Waals surface area contributed by atoms with Gasteiger partial charge in [0.1, 0.15) is 0 Å². The van der Waals surface area contributed by atoms with Crippen molar-refractivity contribution in [3.8, 4) is 0 Å². The van der Waals surface area contributed by atoms with Crippen molar-refractivity contribution in [2.75, 3.05) is 27.3 Å². The molecule has 0 aliphatic carbocycles. The number of carbonyl (C=O) groups is 1. The van der Waals surface area contributed by atoms with Crippen LogP contribution in [0.25, 0.3) is 5.65 Å². The van der Waals surface area contributed by atoms with Crippen molar-refractivity contribution in [3.63, 3.8) is 0 Å². The Morgan fingerprint density at radius 1 is 1.44 bits per heavy atom. The summed E-state index contributed by atoms with van der Waals surface area (Å²) in [6, 6.07) is 2.03. The number of nitrogens with one attached hydrogen (secondary N) is 1. The fourth-order valence-electron chi connectivity index (χ4n) is 3.94. The van der Waals surface area contributed by atoms with Crippen LogP contribution in [-0.2, 0) is 16.1 Å². The lowest BCUT2D eigenvalue weighted by Gasteiger charge is -2.37. The van der Waals surface area contributed by atoms with Crippen LogP contribution in [0.15, 0.2) is 12.3 Å². The van der Waals surface area contributed by atoms with Gasteiger partial charge >= 0.3 is 0 Å². The van der Waals surface area contributed by atoms with Gasteiger partial charge in [-0.1, -0.05) is 0 Å². The third-order valence-corrected chi connectivity index (χ3v) is 5.13. The molecule has 0 unspecified atom stereocenters. The van der Waals surface area contributed by atoms with E-state index < -0.39 is 0 Å². The van der Waals surface area contributed by atoms with Crippen LogP contribution in [-0.4, -0.2) is 58.3 Å². The van der Waals surface area contributed by atoms with E-state index in [1.165, 1.54) is 0 Å². The van der Waals surface area contributed by atoms with Crippen LogP contribution >= 0.6 is 0 Å². The minimum Gasteiger partial charge on any atom is -0.383 e. The Balaban J connectivity index is 1.91. The summed E-state index contributed by atoms with van der Waals surface area (Å²) in [6.07, 6.45) is 4.36. The molecule has 0 aromatic carbocycles. The van der Waals surface area contributed by atoms with Gasteiger partial charge in [0.15, 0.2) is 5.65 Å². The Labute approximate surface area is 148 Å². The first-order valence-corrected chi connectivity index (χ1v) is 8.74. The number of amides is 1. The van der Waals surface area contributed by atoms with Gasteiger partial charge in [-0.2, -0.15) is 5.10 Å². The monoisotopic (exact) mass is 345 g/mol. The molecule has 136 valence electrons. The smallest absolute Gasteiger partial charge is 0.221 e. The molecule has 1 atom stereocenters. The number of rotatable bonds is 6. The van der Waals surface area contributed by atoms with Crippen molar-refractivity contribution in [2.45, 2.75) is 45.2 Å². The largest absolute Gasteiger partial charge is 0.383 e. The summed E-state index contributed by atoms with van der Waals surface area (Å²) in [5, 5.41) is 7.24. The number of aromatic nitrogens is 3. The maximum absolute atomic E-state index is 12.1. The summed E-state index contributed by atoms with van der Waals surface area (Å²) in [5.74, 6) is 0.0497. The molecule has 1 N–H and O–H groups in total. The second-order valence-corrected chi connectivity index (χ2v) is 6.98. The number of fused-ring (bicyclic) bond motifs is 1. The molecule has 7 nitrogen and oxygen atoms in total. The van der Waals surface area contributed by atoms with Gasteiger partial charge in [-0.3, -0.25) is 9.69 Å². The van der Waals surface area contributed by atoms with E-state index in [1.54, 1.807) is 14.2 Å². The molecule has 1 amide bonds. The molecule has 0 saturated carbocycles. The molecule has 25 heavy (non-hydrogen) atoms. The topological polar surface area (TPSA) is 71.8 Å². The highest BCUT2D eigenvalue weighted by Crippen LogP contribution is 2.34. The molecule has 0 radical (unpaired) electrons. The lowest BCUT2D eigenvalue weighted by molar-refractivity contribution is -0.124. The van der Waals surface area contributed by atoms with E-state index in [4.69, 9.17) is 4.74 Å². The zero-order chi connectivity index (χ0) is 18.0. The minimum atomic E-state index is -0.262. The minimum absolute atomic E-state index is 0.0497. The first kappa shape index (κ1) is 17.8. The van der Waals surface area contributed by atoms with Crippen LogP contribution in [0.2, 0.25) is 0 Å². The average Bonchev–Trinajstić information content (AvgIpc) is 3.13. The Morgan fingerprint density at radius 2 is 2.24 bits per heavy atom. The molecule has 1 aliphatic rings. The summed E-state index contributed by atoms with van der Waals surface area (Å²) in [5.41, 5.74) is 3.79. The molecule has 1 saturated heterocycles. The predicted molar refractivity (Wildman–Crippen MR) is 95.4 cm³/mol. The van der Waals surface area contributed by atoms with E-state index in [0.717, 1.165) is 48.5 Å².